The number of carbonyl (C=O) groups excluding carboxylic acids is 1. The Morgan fingerprint density at radius 1 is 1.04 bits per heavy atom. The summed E-state index contributed by atoms with van der Waals surface area (Å²) in [5.74, 6) is -1.18. The molecule has 2 heterocycles. The van der Waals surface area contributed by atoms with Crippen LogP contribution in [0.25, 0.3) is 0 Å². The first-order chi connectivity index (χ1) is 12.4. The van der Waals surface area contributed by atoms with E-state index in [1.807, 2.05) is 0 Å². The number of amides is 1. The molecule has 3 aromatic rings. The maximum atomic E-state index is 12.0. The number of anilines is 1. The fourth-order valence-corrected chi connectivity index (χ4v) is 2.77. The van der Waals surface area contributed by atoms with E-state index < -0.39 is 5.97 Å². The Labute approximate surface area is 157 Å². The topological polar surface area (TPSA) is 102 Å². The van der Waals surface area contributed by atoms with E-state index in [2.05, 4.69) is 15.5 Å². The molecule has 0 atom stereocenters. The van der Waals surface area contributed by atoms with E-state index in [9.17, 15) is 9.59 Å². The molecule has 1 aromatic carbocycles. The summed E-state index contributed by atoms with van der Waals surface area (Å²) in [6.45, 7) is 0.228. The lowest BCUT2D eigenvalue weighted by Gasteiger charge is -2.07. The third-order valence-corrected chi connectivity index (χ3v) is 4.16. The Hall–Kier alpha value is -2.84. The zero-order valence-corrected chi connectivity index (χ0v) is 14.8. The van der Waals surface area contributed by atoms with Gasteiger partial charge < -0.3 is 10.4 Å². The van der Waals surface area contributed by atoms with Crippen molar-refractivity contribution in [2.75, 3.05) is 5.32 Å². The van der Waals surface area contributed by atoms with E-state index in [-0.39, 0.29) is 18.1 Å². The van der Waals surface area contributed by atoms with Gasteiger partial charge in [-0.1, -0.05) is 29.3 Å². The van der Waals surface area contributed by atoms with Gasteiger partial charge >= 0.3 is 5.97 Å². The van der Waals surface area contributed by atoms with E-state index in [0.29, 0.717) is 22.4 Å². The second kappa shape index (κ2) is 7.59. The highest BCUT2D eigenvalue weighted by atomic mass is 35.5. The second-order valence-corrected chi connectivity index (χ2v) is 6.17. The molecule has 2 aromatic heterocycles. The highest BCUT2D eigenvalue weighted by Gasteiger charge is 2.11. The summed E-state index contributed by atoms with van der Waals surface area (Å²) in [5, 5.41) is 20.5. The molecule has 134 valence electrons. The van der Waals surface area contributed by atoms with Gasteiger partial charge in [0, 0.05) is 34.1 Å². The minimum absolute atomic E-state index is 0.126. The van der Waals surface area contributed by atoms with Crippen LogP contribution < -0.4 is 5.32 Å². The molecule has 3 rings (SSSR count). The van der Waals surface area contributed by atoms with Gasteiger partial charge in [0.15, 0.2) is 11.5 Å². The summed E-state index contributed by atoms with van der Waals surface area (Å²) < 4.78 is 2.83. The number of halogens is 2. The van der Waals surface area contributed by atoms with Crippen LogP contribution in [0.3, 0.4) is 0 Å². The smallest absolute Gasteiger partial charge is 0.356 e. The highest BCUT2D eigenvalue weighted by Crippen LogP contribution is 2.25. The molecule has 10 heteroatoms. The zero-order chi connectivity index (χ0) is 18.7. The van der Waals surface area contributed by atoms with E-state index in [0.717, 1.165) is 5.56 Å². The third-order valence-electron chi connectivity index (χ3n) is 3.46. The summed E-state index contributed by atoms with van der Waals surface area (Å²) in [7, 11) is 0. The molecule has 0 aliphatic carbocycles. The van der Waals surface area contributed by atoms with Crippen LogP contribution in [0.15, 0.2) is 42.7 Å². The van der Waals surface area contributed by atoms with Crippen LogP contribution in [0, 0.1) is 0 Å². The monoisotopic (exact) mass is 393 g/mol. The van der Waals surface area contributed by atoms with Crippen LogP contribution in [0.2, 0.25) is 10.0 Å². The summed E-state index contributed by atoms with van der Waals surface area (Å²) >= 11 is 12.3. The van der Waals surface area contributed by atoms with Crippen molar-refractivity contribution in [2.24, 2.45) is 0 Å². The van der Waals surface area contributed by atoms with E-state index in [1.165, 1.54) is 16.9 Å². The molecule has 26 heavy (non-hydrogen) atoms. The fourth-order valence-electron chi connectivity index (χ4n) is 2.26. The van der Waals surface area contributed by atoms with Gasteiger partial charge in [-0.3, -0.25) is 14.2 Å². The van der Waals surface area contributed by atoms with Crippen LogP contribution in [0.4, 0.5) is 5.82 Å². The van der Waals surface area contributed by atoms with Crippen LogP contribution >= 0.6 is 23.2 Å². The molecule has 0 fully saturated rings. The van der Waals surface area contributed by atoms with Crippen molar-refractivity contribution >= 4 is 40.9 Å². The van der Waals surface area contributed by atoms with Crippen molar-refractivity contribution in [3.63, 3.8) is 0 Å². The molecule has 0 bridgehead atoms. The Balaban J connectivity index is 1.62. The predicted octanol–water partition coefficient (Wildman–Crippen LogP) is 2.77. The highest BCUT2D eigenvalue weighted by molar-refractivity contribution is 6.35. The van der Waals surface area contributed by atoms with Gasteiger partial charge in [0.2, 0.25) is 5.91 Å². The van der Waals surface area contributed by atoms with E-state index in [4.69, 9.17) is 28.3 Å². The Kier molecular flexibility index (Phi) is 5.24. The lowest BCUT2D eigenvalue weighted by Crippen LogP contribution is -2.20. The second-order valence-electron chi connectivity index (χ2n) is 5.35. The normalized spacial score (nSPS) is 10.7. The molecule has 0 unspecified atom stereocenters. The van der Waals surface area contributed by atoms with Gasteiger partial charge in [-0.15, -0.1) is 0 Å². The molecular weight excluding hydrogens is 381 g/mol. The standard InChI is InChI=1S/C16H13Cl2N5O3/c17-11-2-1-3-12(18)10(11)8-22-7-5-14(21-22)19-15(24)9-23-6-4-13(20-23)16(25)26/h1-7H,8-9H2,(H,25,26)(H,19,21,24). The molecule has 1 amide bonds. The van der Waals surface area contributed by atoms with Gasteiger partial charge in [0.1, 0.15) is 6.54 Å². The molecule has 0 aliphatic heterocycles. The number of aromatic nitrogens is 4. The first-order valence-corrected chi connectivity index (χ1v) is 8.21. The number of hydrogen-bond acceptors (Lipinski definition) is 4. The number of nitrogens with one attached hydrogen (secondary N) is 1. The molecule has 0 spiro atoms. The Bertz CT molecular complexity index is 946. The summed E-state index contributed by atoms with van der Waals surface area (Å²) in [6, 6.07) is 8.19. The summed E-state index contributed by atoms with van der Waals surface area (Å²) in [5.41, 5.74) is 0.605. The molecule has 0 aliphatic rings. The minimum atomic E-state index is -1.15. The molecule has 0 saturated heterocycles. The SMILES string of the molecule is O=C(Cn1ccc(C(=O)O)n1)Nc1ccn(Cc2c(Cl)cccc2Cl)n1. The number of carboxylic acid groups (broad SMARTS) is 1. The number of rotatable bonds is 6. The summed E-state index contributed by atoms with van der Waals surface area (Å²) in [4.78, 5) is 22.8. The van der Waals surface area contributed by atoms with Crippen molar-refractivity contribution in [3.8, 4) is 0 Å². The van der Waals surface area contributed by atoms with Crippen molar-refractivity contribution < 1.29 is 14.7 Å². The first kappa shape index (κ1) is 18.0. The maximum absolute atomic E-state index is 12.0. The molecule has 0 saturated carbocycles. The molecular formula is C16H13Cl2N5O3. The van der Waals surface area contributed by atoms with Gasteiger partial charge in [-0.05, 0) is 18.2 Å². The number of carbonyl (C=O) groups is 2. The molecule has 8 nitrogen and oxygen atoms in total. The van der Waals surface area contributed by atoms with Crippen molar-refractivity contribution in [3.05, 3.63) is 64.0 Å². The number of aromatic carboxylic acids is 1. The van der Waals surface area contributed by atoms with Gasteiger partial charge in [0.25, 0.3) is 0 Å². The Morgan fingerprint density at radius 3 is 2.38 bits per heavy atom. The van der Waals surface area contributed by atoms with E-state index >= 15 is 0 Å². The average molecular weight is 394 g/mol. The largest absolute Gasteiger partial charge is 0.476 e. The van der Waals surface area contributed by atoms with Crippen LogP contribution in [0.5, 0.6) is 0 Å². The minimum Gasteiger partial charge on any atom is -0.476 e. The number of carboxylic acids is 1. The lowest BCUT2D eigenvalue weighted by molar-refractivity contribution is -0.116. The van der Waals surface area contributed by atoms with Crippen LogP contribution in [-0.2, 0) is 17.9 Å². The van der Waals surface area contributed by atoms with Gasteiger partial charge in [0.05, 0.1) is 6.54 Å². The number of nitrogens with zero attached hydrogens (tertiary/aromatic N) is 4. The summed E-state index contributed by atoms with van der Waals surface area (Å²) in [6.07, 6.45) is 3.10. The van der Waals surface area contributed by atoms with Crippen LogP contribution in [0.1, 0.15) is 16.1 Å². The maximum Gasteiger partial charge on any atom is 0.356 e. The number of benzene rings is 1. The quantitative estimate of drug-likeness (QED) is 0.670. The zero-order valence-electron chi connectivity index (χ0n) is 13.3. The first-order valence-electron chi connectivity index (χ1n) is 7.45. The van der Waals surface area contributed by atoms with Crippen molar-refractivity contribution in [1.29, 1.82) is 0 Å². The Morgan fingerprint density at radius 2 is 1.73 bits per heavy atom. The lowest BCUT2D eigenvalue weighted by atomic mass is 10.2. The third kappa shape index (κ3) is 4.22. The predicted molar refractivity (Wildman–Crippen MR) is 95.6 cm³/mol. The number of hydrogen-bond donors (Lipinski definition) is 2. The van der Waals surface area contributed by atoms with Crippen molar-refractivity contribution in [1.82, 2.24) is 19.6 Å². The van der Waals surface area contributed by atoms with Gasteiger partial charge in [-0.25, -0.2) is 4.79 Å². The molecule has 0 radical (unpaired) electrons. The fraction of sp³-hybridized carbons (Fsp3) is 0.125. The van der Waals surface area contributed by atoms with E-state index in [1.54, 1.807) is 35.1 Å². The molecule has 2 N–H and O–H groups in total. The van der Waals surface area contributed by atoms with Gasteiger partial charge in [-0.2, -0.15) is 10.2 Å². The van der Waals surface area contributed by atoms with Crippen LogP contribution in [-0.4, -0.2) is 36.5 Å². The average Bonchev–Trinajstić information content (AvgIpc) is 3.21. The van der Waals surface area contributed by atoms with Crippen molar-refractivity contribution in [2.45, 2.75) is 13.1 Å².